The summed E-state index contributed by atoms with van der Waals surface area (Å²) in [6.07, 6.45) is 4.82. The SMILES string of the molecule is CC1CCC(c2ccc(-c3ccc(-c4cc(F)c(OC(F)F)c(F)c4)c(F)c3)cc2)CC1. The highest BCUT2D eigenvalue weighted by Crippen LogP contribution is 2.37. The van der Waals surface area contributed by atoms with Crippen LogP contribution in [0.15, 0.2) is 54.6 Å². The van der Waals surface area contributed by atoms with E-state index in [1.165, 1.54) is 43.4 Å². The number of hydrogen-bond donors (Lipinski definition) is 0. The lowest BCUT2D eigenvalue weighted by molar-refractivity contribution is -0.0546. The molecule has 0 radical (unpaired) electrons. The first kappa shape index (κ1) is 22.3. The predicted molar refractivity (Wildman–Crippen MR) is 114 cm³/mol. The zero-order chi connectivity index (χ0) is 22.8. The average Bonchev–Trinajstić information content (AvgIpc) is 2.76. The molecule has 168 valence electrons. The highest BCUT2D eigenvalue weighted by atomic mass is 19.3. The second kappa shape index (κ2) is 9.31. The Morgan fingerprint density at radius 1 is 0.719 bits per heavy atom. The quantitative estimate of drug-likeness (QED) is 0.358. The van der Waals surface area contributed by atoms with Crippen LogP contribution in [0.2, 0.25) is 0 Å². The van der Waals surface area contributed by atoms with Crippen molar-refractivity contribution in [3.8, 4) is 28.0 Å². The minimum atomic E-state index is -3.37. The van der Waals surface area contributed by atoms with Gasteiger partial charge in [0.25, 0.3) is 0 Å². The average molecular weight is 446 g/mol. The van der Waals surface area contributed by atoms with E-state index in [-0.39, 0.29) is 11.1 Å². The Labute approximate surface area is 183 Å². The molecule has 0 spiro atoms. The first-order valence-corrected chi connectivity index (χ1v) is 10.7. The van der Waals surface area contributed by atoms with Gasteiger partial charge in [-0.2, -0.15) is 8.78 Å². The van der Waals surface area contributed by atoms with Crippen molar-refractivity contribution in [2.24, 2.45) is 5.92 Å². The molecular weight excluding hydrogens is 423 g/mol. The van der Waals surface area contributed by atoms with Crippen LogP contribution < -0.4 is 4.74 Å². The Morgan fingerprint density at radius 2 is 1.28 bits per heavy atom. The summed E-state index contributed by atoms with van der Waals surface area (Å²) < 4.78 is 71.3. The van der Waals surface area contributed by atoms with E-state index in [0.29, 0.717) is 11.5 Å². The van der Waals surface area contributed by atoms with Gasteiger partial charge in [-0.15, -0.1) is 0 Å². The first-order chi connectivity index (χ1) is 15.3. The molecule has 6 heteroatoms. The molecule has 0 bridgehead atoms. The molecule has 0 aliphatic heterocycles. The van der Waals surface area contributed by atoms with Crippen molar-refractivity contribution in [1.29, 1.82) is 0 Å². The number of benzene rings is 3. The standard InChI is InChI=1S/C26H23F5O/c1-15-2-4-16(5-3-15)17-6-8-18(9-7-17)19-10-11-21(22(27)12-19)20-13-23(28)25(24(29)14-20)32-26(30)31/h6-16,26H,2-5H2,1H3. The maximum Gasteiger partial charge on any atom is 0.387 e. The van der Waals surface area contributed by atoms with Gasteiger partial charge in [-0.25, -0.2) is 13.2 Å². The Morgan fingerprint density at radius 3 is 1.84 bits per heavy atom. The molecule has 1 saturated carbocycles. The van der Waals surface area contributed by atoms with Crippen LogP contribution in [-0.4, -0.2) is 6.61 Å². The zero-order valence-corrected chi connectivity index (χ0v) is 17.6. The molecule has 3 aromatic carbocycles. The van der Waals surface area contributed by atoms with Crippen LogP contribution in [0, 0.1) is 23.4 Å². The van der Waals surface area contributed by atoms with Gasteiger partial charge in [0.1, 0.15) is 5.82 Å². The summed E-state index contributed by atoms with van der Waals surface area (Å²) in [6, 6.07) is 14.0. The van der Waals surface area contributed by atoms with E-state index in [1.54, 1.807) is 6.07 Å². The molecule has 3 aromatic rings. The molecule has 4 rings (SSSR count). The zero-order valence-electron chi connectivity index (χ0n) is 17.6. The van der Waals surface area contributed by atoms with Gasteiger partial charge in [0.2, 0.25) is 0 Å². The third-order valence-electron chi connectivity index (χ3n) is 6.22. The maximum absolute atomic E-state index is 14.8. The van der Waals surface area contributed by atoms with E-state index in [0.717, 1.165) is 23.6 Å². The number of alkyl halides is 2. The smallest absolute Gasteiger partial charge is 0.387 e. The van der Waals surface area contributed by atoms with Gasteiger partial charge < -0.3 is 4.74 Å². The largest absolute Gasteiger partial charge is 0.429 e. The minimum absolute atomic E-state index is 0.0388. The molecule has 0 saturated heterocycles. The fourth-order valence-electron chi connectivity index (χ4n) is 4.39. The molecule has 1 aliphatic rings. The number of hydrogen-bond acceptors (Lipinski definition) is 1. The third-order valence-corrected chi connectivity index (χ3v) is 6.22. The molecule has 1 aliphatic carbocycles. The van der Waals surface area contributed by atoms with Gasteiger partial charge in [0, 0.05) is 5.56 Å². The Kier molecular flexibility index (Phi) is 6.49. The van der Waals surface area contributed by atoms with E-state index in [1.807, 2.05) is 12.1 Å². The van der Waals surface area contributed by atoms with Gasteiger partial charge >= 0.3 is 6.61 Å². The van der Waals surface area contributed by atoms with Gasteiger partial charge in [-0.3, -0.25) is 0 Å². The van der Waals surface area contributed by atoms with E-state index >= 15 is 0 Å². The van der Waals surface area contributed by atoms with E-state index in [2.05, 4.69) is 23.8 Å². The summed E-state index contributed by atoms with van der Waals surface area (Å²) in [5.41, 5.74) is 2.61. The van der Waals surface area contributed by atoms with Crippen molar-refractivity contribution < 1.29 is 26.7 Å². The second-order valence-corrected chi connectivity index (χ2v) is 8.42. The van der Waals surface area contributed by atoms with E-state index in [4.69, 9.17) is 0 Å². The van der Waals surface area contributed by atoms with Crippen molar-refractivity contribution in [1.82, 2.24) is 0 Å². The topological polar surface area (TPSA) is 9.23 Å². The minimum Gasteiger partial charge on any atom is -0.429 e. The van der Waals surface area contributed by atoms with Crippen LogP contribution in [0.5, 0.6) is 5.75 Å². The Bertz CT molecular complexity index is 1060. The van der Waals surface area contributed by atoms with Crippen LogP contribution in [0.4, 0.5) is 22.0 Å². The monoisotopic (exact) mass is 446 g/mol. The highest BCUT2D eigenvalue weighted by Gasteiger charge is 2.20. The van der Waals surface area contributed by atoms with Crippen LogP contribution in [0.25, 0.3) is 22.3 Å². The molecule has 0 N–H and O–H groups in total. The van der Waals surface area contributed by atoms with Crippen LogP contribution in [-0.2, 0) is 0 Å². The maximum atomic E-state index is 14.8. The summed E-state index contributed by atoms with van der Waals surface area (Å²) >= 11 is 0. The molecule has 1 nitrogen and oxygen atoms in total. The van der Waals surface area contributed by atoms with Gasteiger partial charge in [0.15, 0.2) is 17.4 Å². The molecule has 32 heavy (non-hydrogen) atoms. The summed E-state index contributed by atoms with van der Waals surface area (Å²) in [7, 11) is 0. The lowest BCUT2D eigenvalue weighted by Crippen LogP contribution is -2.10. The van der Waals surface area contributed by atoms with Crippen molar-refractivity contribution in [2.75, 3.05) is 0 Å². The number of ether oxygens (including phenoxy) is 1. The van der Waals surface area contributed by atoms with Gasteiger partial charge in [-0.1, -0.05) is 56.2 Å². The molecule has 0 aromatic heterocycles. The van der Waals surface area contributed by atoms with E-state index < -0.39 is 29.8 Å². The Balaban J connectivity index is 1.56. The Hall–Kier alpha value is -2.89. The third kappa shape index (κ3) is 4.79. The second-order valence-electron chi connectivity index (χ2n) is 8.42. The summed E-state index contributed by atoms with van der Waals surface area (Å²) in [6.45, 7) is -1.08. The lowest BCUT2D eigenvalue weighted by atomic mass is 9.79. The summed E-state index contributed by atoms with van der Waals surface area (Å²) in [4.78, 5) is 0. The first-order valence-electron chi connectivity index (χ1n) is 10.7. The molecule has 0 unspecified atom stereocenters. The molecule has 1 fully saturated rings. The fraction of sp³-hybridized carbons (Fsp3) is 0.308. The van der Waals surface area contributed by atoms with Gasteiger partial charge in [-0.05, 0) is 65.1 Å². The van der Waals surface area contributed by atoms with E-state index in [9.17, 15) is 22.0 Å². The molecular formula is C26H23F5O. The lowest BCUT2D eigenvalue weighted by Gasteiger charge is -2.26. The molecule has 0 amide bonds. The van der Waals surface area contributed by atoms with Crippen molar-refractivity contribution in [2.45, 2.75) is 45.1 Å². The molecule has 0 atom stereocenters. The van der Waals surface area contributed by atoms with Crippen molar-refractivity contribution >= 4 is 0 Å². The fourth-order valence-corrected chi connectivity index (χ4v) is 4.39. The summed E-state index contributed by atoms with van der Waals surface area (Å²) in [5.74, 6) is -3.17. The van der Waals surface area contributed by atoms with Gasteiger partial charge in [0.05, 0.1) is 0 Å². The highest BCUT2D eigenvalue weighted by molar-refractivity contribution is 5.71. The number of rotatable bonds is 5. The molecule has 0 heterocycles. The normalized spacial score (nSPS) is 18.7. The summed E-state index contributed by atoms with van der Waals surface area (Å²) in [5, 5.41) is 0. The van der Waals surface area contributed by atoms with Crippen LogP contribution in [0.3, 0.4) is 0 Å². The number of halogens is 5. The van der Waals surface area contributed by atoms with Crippen molar-refractivity contribution in [3.05, 3.63) is 77.6 Å². The van der Waals surface area contributed by atoms with Crippen LogP contribution >= 0.6 is 0 Å². The van der Waals surface area contributed by atoms with Crippen LogP contribution in [0.1, 0.15) is 44.1 Å². The van der Waals surface area contributed by atoms with Crippen molar-refractivity contribution in [3.63, 3.8) is 0 Å². The predicted octanol–water partition coefficient (Wildman–Crippen LogP) is 8.33.